The van der Waals surface area contributed by atoms with Gasteiger partial charge in [-0.05, 0) is 17.7 Å². The molecular formula is C14H20O2Si. The zero-order valence-electron chi connectivity index (χ0n) is 10.7. The topological polar surface area (TPSA) is 29.5 Å². The van der Waals surface area contributed by atoms with E-state index in [9.17, 15) is 5.11 Å². The standard InChI is InChI=1S/C14H20O2Si/c1-16-12-8-4-5-9-14(12)17(2,3)13-10-6-7-11(13)15/h4-6,8-11,13,15H,7H2,1-3H3/t11-,13-/m0/s1. The summed E-state index contributed by atoms with van der Waals surface area (Å²) in [6, 6.07) is 8.20. The van der Waals surface area contributed by atoms with Gasteiger partial charge in [0.2, 0.25) is 0 Å². The van der Waals surface area contributed by atoms with Gasteiger partial charge in [0.15, 0.2) is 0 Å². The number of methoxy groups -OCH3 is 1. The Balaban J connectivity index is 2.40. The molecule has 1 aromatic carbocycles. The SMILES string of the molecule is COc1ccccc1[Si](C)(C)[C@H]1C=CC[C@@H]1O. The third-order valence-electron chi connectivity index (χ3n) is 3.77. The summed E-state index contributed by atoms with van der Waals surface area (Å²) >= 11 is 0. The van der Waals surface area contributed by atoms with Crippen molar-refractivity contribution in [3.8, 4) is 5.75 Å². The van der Waals surface area contributed by atoms with Crippen LogP contribution in [0.25, 0.3) is 0 Å². The molecule has 92 valence electrons. The molecule has 1 aromatic rings. The van der Waals surface area contributed by atoms with Crippen molar-refractivity contribution in [1.82, 2.24) is 0 Å². The zero-order chi connectivity index (χ0) is 12.5. The van der Waals surface area contributed by atoms with E-state index in [1.807, 2.05) is 12.1 Å². The summed E-state index contributed by atoms with van der Waals surface area (Å²) in [6.07, 6.45) is 4.85. The molecule has 1 aliphatic carbocycles. The Morgan fingerprint density at radius 3 is 2.59 bits per heavy atom. The van der Waals surface area contributed by atoms with E-state index >= 15 is 0 Å². The number of benzene rings is 1. The molecule has 0 spiro atoms. The maximum Gasteiger partial charge on any atom is 0.118 e. The summed E-state index contributed by atoms with van der Waals surface area (Å²) in [5.41, 5.74) is 0.291. The van der Waals surface area contributed by atoms with E-state index < -0.39 is 8.07 Å². The number of hydrogen-bond acceptors (Lipinski definition) is 2. The van der Waals surface area contributed by atoms with E-state index in [4.69, 9.17) is 4.74 Å². The molecule has 0 saturated carbocycles. The second-order valence-corrected chi connectivity index (χ2v) is 9.83. The fraction of sp³-hybridized carbons (Fsp3) is 0.429. The minimum absolute atomic E-state index is 0.221. The van der Waals surface area contributed by atoms with Crippen LogP contribution in [0.1, 0.15) is 6.42 Å². The summed E-state index contributed by atoms with van der Waals surface area (Å²) in [5.74, 6) is 0.955. The van der Waals surface area contributed by atoms with Gasteiger partial charge >= 0.3 is 0 Å². The van der Waals surface area contributed by atoms with Crippen molar-refractivity contribution >= 4 is 13.3 Å². The van der Waals surface area contributed by atoms with Crippen molar-refractivity contribution in [2.45, 2.75) is 31.2 Å². The highest BCUT2D eigenvalue weighted by Gasteiger charge is 2.39. The van der Waals surface area contributed by atoms with Crippen molar-refractivity contribution in [3.05, 3.63) is 36.4 Å². The van der Waals surface area contributed by atoms with Gasteiger partial charge in [-0.25, -0.2) is 0 Å². The maximum atomic E-state index is 10.1. The number of rotatable bonds is 3. The van der Waals surface area contributed by atoms with Crippen molar-refractivity contribution in [3.63, 3.8) is 0 Å². The third-order valence-corrected chi connectivity index (χ3v) is 7.82. The summed E-state index contributed by atoms with van der Waals surface area (Å²) in [4.78, 5) is 0. The van der Waals surface area contributed by atoms with Crippen molar-refractivity contribution in [2.75, 3.05) is 7.11 Å². The molecule has 17 heavy (non-hydrogen) atoms. The second kappa shape index (κ2) is 4.67. The number of para-hydroxylation sites is 1. The first-order chi connectivity index (χ1) is 8.07. The Kier molecular flexibility index (Phi) is 3.40. The van der Waals surface area contributed by atoms with Crippen LogP contribution in [0.3, 0.4) is 0 Å². The van der Waals surface area contributed by atoms with Crippen molar-refractivity contribution in [2.24, 2.45) is 0 Å². The minimum atomic E-state index is -1.74. The van der Waals surface area contributed by atoms with Crippen LogP contribution in [-0.2, 0) is 0 Å². The monoisotopic (exact) mass is 248 g/mol. The minimum Gasteiger partial charge on any atom is -0.497 e. The smallest absolute Gasteiger partial charge is 0.118 e. The zero-order valence-corrected chi connectivity index (χ0v) is 11.7. The molecule has 0 aromatic heterocycles. The van der Waals surface area contributed by atoms with Gasteiger partial charge < -0.3 is 9.84 Å². The lowest BCUT2D eigenvalue weighted by molar-refractivity contribution is 0.187. The van der Waals surface area contributed by atoms with E-state index in [-0.39, 0.29) is 6.10 Å². The molecule has 1 N–H and O–H groups in total. The van der Waals surface area contributed by atoms with Crippen LogP contribution in [-0.4, -0.2) is 26.4 Å². The highest BCUT2D eigenvalue weighted by molar-refractivity contribution is 6.92. The van der Waals surface area contributed by atoms with Gasteiger partial charge in [0.1, 0.15) is 5.75 Å². The van der Waals surface area contributed by atoms with Gasteiger partial charge in [0.25, 0.3) is 0 Å². The van der Waals surface area contributed by atoms with Gasteiger partial charge in [-0.3, -0.25) is 0 Å². The summed E-state index contributed by atoms with van der Waals surface area (Å²) < 4.78 is 5.46. The van der Waals surface area contributed by atoms with Crippen LogP contribution in [0.5, 0.6) is 5.75 Å². The lowest BCUT2D eigenvalue weighted by Crippen LogP contribution is -2.48. The summed E-state index contributed by atoms with van der Waals surface area (Å²) in [5, 5.41) is 11.4. The van der Waals surface area contributed by atoms with Crippen molar-refractivity contribution in [1.29, 1.82) is 0 Å². The normalized spacial score (nSPS) is 24.0. The van der Waals surface area contributed by atoms with E-state index in [2.05, 4.69) is 37.4 Å². The Morgan fingerprint density at radius 1 is 1.29 bits per heavy atom. The predicted octanol–water partition coefficient (Wildman–Crippen LogP) is 2.30. The highest BCUT2D eigenvalue weighted by atomic mass is 28.3. The molecule has 0 saturated heterocycles. The molecule has 0 unspecified atom stereocenters. The first-order valence-corrected chi connectivity index (χ1v) is 9.13. The van der Waals surface area contributed by atoms with Gasteiger partial charge in [0.05, 0.1) is 21.3 Å². The van der Waals surface area contributed by atoms with Gasteiger partial charge in [-0.2, -0.15) is 0 Å². The van der Waals surface area contributed by atoms with Gasteiger partial charge in [-0.15, -0.1) is 0 Å². The maximum absolute atomic E-state index is 10.1. The Morgan fingerprint density at radius 2 is 2.00 bits per heavy atom. The largest absolute Gasteiger partial charge is 0.497 e. The molecule has 0 amide bonds. The lowest BCUT2D eigenvalue weighted by atomic mass is 10.3. The highest BCUT2D eigenvalue weighted by Crippen LogP contribution is 2.34. The molecule has 0 bridgehead atoms. The number of aliphatic hydroxyl groups excluding tert-OH is 1. The number of ether oxygens (including phenoxy) is 1. The van der Waals surface area contributed by atoms with Crippen molar-refractivity contribution < 1.29 is 9.84 Å². The van der Waals surface area contributed by atoms with E-state index in [1.165, 1.54) is 5.19 Å². The Bertz CT molecular complexity index is 426. The molecule has 2 atom stereocenters. The summed E-state index contributed by atoms with van der Waals surface area (Å²) in [6.45, 7) is 4.60. The first-order valence-electron chi connectivity index (χ1n) is 6.05. The number of hydrogen-bond donors (Lipinski definition) is 1. The first kappa shape index (κ1) is 12.4. The molecule has 0 radical (unpaired) electrons. The quantitative estimate of drug-likeness (QED) is 0.657. The average Bonchev–Trinajstić information content (AvgIpc) is 2.76. The van der Waals surface area contributed by atoms with Crippen LogP contribution >= 0.6 is 0 Å². The van der Waals surface area contributed by atoms with Crippen LogP contribution in [0, 0.1) is 0 Å². The molecule has 3 heteroatoms. The second-order valence-electron chi connectivity index (χ2n) is 5.18. The van der Waals surface area contributed by atoms with Crippen LogP contribution in [0.2, 0.25) is 18.6 Å². The predicted molar refractivity (Wildman–Crippen MR) is 73.6 cm³/mol. The fourth-order valence-corrected chi connectivity index (χ4v) is 6.14. The Labute approximate surface area is 104 Å². The molecule has 0 fully saturated rings. The molecule has 0 aliphatic heterocycles. The van der Waals surface area contributed by atoms with Gasteiger partial charge in [0, 0.05) is 5.54 Å². The van der Waals surface area contributed by atoms with E-state index in [0.717, 1.165) is 12.2 Å². The molecule has 2 rings (SSSR count). The third kappa shape index (κ3) is 2.17. The van der Waals surface area contributed by atoms with E-state index in [1.54, 1.807) is 7.11 Å². The Hall–Kier alpha value is -1.06. The van der Waals surface area contributed by atoms with Crippen LogP contribution < -0.4 is 9.92 Å². The molecular weight excluding hydrogens is 228 g/mol. The molecule has 0 heterocycles. The van der Waals surface area contributed by atoms with Crippen LogP contribution in [0.4, 0.5) is 0 Å². The van der Waals surface area contributed by atoms with Gasteiger partial charge in [-0.1, -0.05) is 43.4 Å². The van der Waals surface area contributed by atoms with E-state index in [0.29, 0.717) is 5.54 Å². The lowest BCUT2D eigenvalue weighted by Gasteiger charge is -2.32. The average molecular weight is 248 g/mol. The molecule has 2 nitrogen and oxygen atoms in total. The summed E-state index contributed by atoms with van der Waals surface area (Å²) in [7, 11) is -0.0242. The van der Waals surface area contributed by atoms with Crippen LogP contribution in [0.15, 0.2) is 36.4 Å². The number of aliphatic hydroxyl groups is 1. The molecule has 1 aliphatic rings. The fourth-order valence-electron chi connectivity index (χ4n) is 2.72.